The third kappa shape index (κ3) is 3.80. The number of carbonyl (C=O) groups is 1. The number of nitrogens with zero attached hydrogens (tertiary/aromatic N) is 3. The molecule has 0 unspecified atom stereocenters. The van der Waals surface area contributed by atoms with Crippen LogP contribution in [0.3, 0.4) is 0 Å². The van der Waals surface area contributed by atoms with E-state index in [0.717, 1.165) is 18.9 Å². The van der Waals surface area contributed by atoms with E-state index in [2.05, 4.69) is 58.4 Å². The molecule has 0 N–H and O–H groups in total. The minimum absolute atomic E-state index is 0.223. The molecular weight excluding hydrogens is 358 g/mol. The number of carbonyl (C=O) groups excluding carboxylic acids is 1. The monoisotopic (exact) mass is 377 g/mol. The van der Waals surface area contributed by atoms with Crippen molar-refractivity contribution >= 4 is 23.5 Å². The smallest absolute Gasteiger partial charge is 0.316 e. The molecule has 2 heterocycles. The van der Waals surface area contributed by atoms with E-state index in [0.29, 0.717) is 5.03 Å². The van der Waals surface area contributed by atoms with Gasteiger partial charge in [0.15, 0.2) is 0 Å². The molecule has 3 aromatic rings. The van der Waals surface area contributed by atoms with Gasteiger partial charge in [-0.3, -0.25) is 9.78 Å². The Labute approximate surface area is 162 Å². The Morgan fingerprint density at radius 2 is 1.67 bits per heavy atom. The summed E-state index contributed by atoms with van der Waals surface area (Å²) in [7, 11) is 1.39. The molecular formula is C21H19N3O2S. The maximum atomic E-state index is 11.4. The van der Waals surface area contributed by atoms with E-state index in [1.807, 2.05) is 0 Å². The lowest BCUT2D eigenvalue weighted by Crippen LogP contribution is -2.22. The summed E-state index contributed by atoms with van der Waals surface area (Å²) >= 11 is 1.33. The maximum Gasteiger partial charge on any atom is 0.316 e. The van der Waals surface area contributed by atoms with Crippen LogP contribution in [0.15, 0.2) is 66.0 Å². The molecule has 1 aliphatic heterocycles. The van der Waals surface area contributed by atoms with Crippen LogP contribution in [0.4, 0.5) is 5.82 Å². The summed E-state index contributed by atoms with van der Waals surface area (Å²) in [6, 6.07) is 17.0. The molecule has 2 aromatic carbocycles. The van der Waals surface area contributed by atoms with Crippen molar-refractivity contribution in [2.45, 2.75) is 18.1 Å². The van der Waals surface area contributed by atoms with Crippen molar-refractivity contribution in [1.82, 2.24) is 9.97 Å². The molecule has 4 rings (SSSR count). The molecule has 1 aromatic heterocycles. The molecule has 0 fully saturated rings. The topological polar surface area (TPSA) is 55.3 Å². The fraction of sp³-hybridized carbons (Fsp3) is 0.190. The Kier molecular flexibility index (Phi) is 5.07. The Morgan fingerprint density at radius 3 is 2.30 bits per heavy atom. The van der Waals surface area contributed by atoms with Crippen molar-refractivity contribution in [1.29, 1.82) is 0 Å². The predicted octanol–water partition coefficient (Wildman–Crippen LogP) is 3.93. The third-order valence-electron chi connectivity index (χ3n) is 4.54. The van der Waals surface area contributed by atoms with Crippen LogP contribution in [-0.2, 0) is 22.6 Å². The second-order valence-corrected chi connectivity index (χ2v) is 7.25. The molecule has 27 heavy (non-hydrogen) atoms. The molecule has 0 radical (unpaired) electrons. The van der Waals surface area contributed by atoms with Gasteiger partial charge in [-0.05, 0) is 22.3 Å². The van der Waals surface area contributed by atoms with E-state index in [1.165, 1.54) is 41.1 Å². The van der Waals surface area contributed by atoms with Gasteiger partial charge in [-0.25, -0.2) is 4.98 Å². The average molecular weight is 377 g/mol. The fourth-order valence-electron chi connectivity index (χ4n) is 3.22. The number of hydrogen-bond donors (Lipinski definition) is 0. The lowest BCUT2D eigenvalue weighted by Gasteiger charge is -2.22. The summed E-state index contributed by atoms with van der Waals surface area (Å²) < 4.78 is 4.69. The Hall–Kier alpha value is -2.86. The number of benzene rings is 2. The van der Waals surface area contributed by atoms with Gasteiger partial charge in [-0.2, -0.15) is 0 Å². The number of thioether (sulfide) groups is 1. The van der Waals surface area contributed by atoms with Crippen LogP contribution < -0.4 is 4.90 Å². The van der Waals surface area contributed by atoms with Crippen molar-refractivity contribution < 1.29 is 9.53 Å². The highest BCUT2D eigenvalue weighted by atomic mass is 32.2. The number of methoxy groups -OCH3 is 1. The standard InChI is InChI=1S/C21H19N3O2S/c1-26-21(25)14-27-20-11-22-10-19(23-20)24-12-15-6-2-4-8-17(15)18-9-5-3-7-16(18)13-24/h2-11H,12-14H2,1H3. The van der Waals surface area contributed by atoms with Crippen molar-refractivity contribution in [3.63, 3.8) is 0 Å². The van der Waals surface area contributed by atoms with Gasteiger partial charge in [-0.1, -0.05) is 60.3 Å². The summed E-state index contributed by atoms with van der Waals surface area (Å²) in [5.41, 5.74) is 5.05. The first kappa shape index (κ1) is 17.5. The number of anilines is 1. The maximum absolute atomic E-state index is 11.4. The van der Waals surface area contributed by atoms with Crippen LogP contribution in [-0.4, -0.2) is 28.8 Å². The summed E-state index contributed by atoms with van der Waals surface area (Å²) in [5.74, 6) is 0.751. The first-order chi connectivity index (χ1) is 13.2. The summed E-state index contributed by atoms with van der Waals surface area (Å²) in [5, 5.41) is 0.712. The van der Waals surface area contributed by atoms with E-state index in [9.17, 15) is 4.79 Å². The van der Waals surface area contributed by atoms with Crippen molar-refractivity contribution in [3.8, 4) is 11.1 Å². The minimum atomic E-state index is -0.273. The summed E-state index contributed by atoms with van der Waals surface area (Å²) in [4.78, 5) is 22.7. The fourth-order valence-corrected chi connectivity index (χ4v) is 3.90. The second-order valence-electron chi connectivity index (χ2n) is 6.25. The van der Waals surface area contributed by atoms with Crippen LogP contribution in [0.5, 0.6) is 0 Å². The van der Waals surface area contributed by atoms with Crippen LogP contribution in [0, 0.1) is 0 Å². The van der Waals surface area contributed by atoms with E-state index >= 15 is 0 Å². The highest BCUT2D eigenvalue weighted by molar-refractivity contribution is 7.99. The summed E-state index contributed by atoms with van der Waals surface area (Å²) in [6.07, 6.45) is 3.45. The number of ether oxygens (including phenoxy) is 1. The van der Waals surface area contributed by atoms with Gasteiger partial charge >= 0.3 is 5.97 Å². The lowest BCUT2D eigenvalue weighted by atomic mass is 9.97. The zero-order valence-electron chi connectivity index (χ0n) is 15.0. The van der Waals surface area contributed by atoms with Crippen LogP contribution in [0.1, 0.15) is 11.1 Å². The van der Waals surface area contributed by atoms with Gasteiger partial charge in [0.25, 0.3) is 0 Å². The lowest BCUT2D eigenvalue weighted by molar-refractivity contribution is -0.137. The van der Waals surface area contributed by atoms with Gasteiger partial charge in [0, 0.05) is 13.1 Å². The predicted molar refractivity (Wildman–Crippen MR) is 107 cm³/mol. The summed E-state index contributed by atoms with van der Waals surface area (Å²) in [6.45, 7) is 1.51. The second kappa shape index (κ2) is 7.80. The number of fused-ring (bicyclic) bond motifs is 3. The van der Waals surface area contributed by atoms with E-state index in [-0.39, 0.29) is 11.7 Å². The molecule has 0 atom stereocenters. The highest BCUT2D eigenvalue weighted by Gasteiger charge is 2.20. The SMILES string of the molecule is COC(=O)CSc1cncc(N2Cc3ccccc3-c3ccccc3C2)n1. The highest BCUT2D eigenvalue weighted by Crippen LogP contribution is 2.34. The zero-order chi connectivity index (χ0) is 18.6. The van der Waals surface area contributed by atoms with Crippen LogP contribution >= 0.6 is 11.8 Å². The Morgan fingerprint density at radius 1 is 1.04 bits per heavy atom. The number of rotatable bonds is 4. The third-order valence-corrected chi connectivity index (χ3v) is 5.41. The minimum Gasteiger partial charge on any atom is -0.468 e. The molecule has 0 bridgehead atoms. The van der Waals surface area contributed by atoms with Gasteiger partial charge in [0.2, 0.25) is 0 Å². The molecule has 5 nitrogen and oxygen atoms in total. The molecule has 0 aliphatic carbocycles. The van der Waals surface area contributed by atoms with Crippen molar-refractivity contribution in [2.75, 3.05) is 17.8 Å². The normalized spacial score (nSPS) is 12.7. The number of esters is 1. The largest absolute Gasteiger partial charge is 0.468 e. The van der Waals surface area contributed by atoms with E-state index < -0.39 is 0 Å². The van der Waals surface area contributed by atoms with Crippen LogP contribution in [0.2, 0.25) is 0 Å². The molecule has 1 aliphatic rings. The van der Waals surface area contributed by atoms with E-state index in [1.54, 1.807) is 12.4 Å². The van der Waals surface area contributed by atoms with Gasteiger partial charge in [0.1, 0.15) is 10.8 Å². The van der Waals surface area contributed by atoms with E-state index in [4.69, 9.17) is 9.72 Å². The van der Waals surface area contributed by atoms with Crippen LogP contribution in [0.25, 0.3) is 11.1 Å². The van der Waals surface area contributed by atoms with Gasteiger partial charge in [0.05, 0.1) is 25.3 Å². The Balaban J connectivity index is 1.67. The Bertz CT molecular complexity index is 929. The zero-order valence-corrected chi connectivity index (χ0v) is 15.8. The number of aromatic nitrogens is 2. The molecule has 0 amide bonds. The molecule has 0 spiro atoms. The molecule has 0 saturated carbocycles. The number of hydrogen-bond acceptors (Lipinski definition) is 6. The van der Waals surface area contributed by atoms with Crippen molar-refractivity contribution in [3.05, 3.63) is 72.1 Å². The van der Waals surface area contributed by atoms with Gasteiger partial charge in [-0.15, -0.1) is 0 Å². The van der Waals surface area contributed by atoms with Crippen molar-refractivity contribution in [2.24, 2.45) is 0 Å². The molecule has 6 heteroatoms. The first-order valence-electron chi connectivity index (χ1n) is 8.67. The first-order valence-corrected chi connectivity index (χ1v) is 9.66. The molecule has 136 valence electrons. The molecule has 0 saturated heterocycles. The average Bonchev–Trinajstić information content (AvgIpc) is 2.89. The van der Waals surface area contributed by atoms with Gasteiger partial charge < -0.3 is 9.64 Å². The quantitative estimate of drug-likeness (QED) is 0.507.